The number of thioether (sulfide) groups is 1. The molecule has 28 heavy (non-hydrogen) atoms. The molecule has 0 bridgehead atoms. The summed E-state index contributed by atoms with van der Waals surface area (Å²) in [5.74, 6) is 0.204. The zero-order valence-corrected chi connectivity index (χ0v) is 16.7. The monoisotopic (exact) mass is 402 g/mol. The lowest BCUT2D eigenvalue weighted by Gasteiger charge is -2.40. The van der Waals surface area contributed by atoms with Crippen LogP contribution in [0.1, 0.15) is 17.5 Å². The van der Waals surface area contributed by atoms with Crippen LogP contribution < -0.4 is 0 Å². The first-order valence-corrected chi connectivity index (χ1v) is 10.4. The van der Waals surface area contributed by atoms with Crippen molar-refractivity contribution in [2.75, 3.05) is 12.9 Å². The highest BCUT2D eigenvalue weighted by molar-refractivity contribution is 8.00. The van der Waals surface area contributed by atoms with Gasteiger partial charge in [0, 0.05) is 11.0 Å². The van der Waals surface area contributed by atoms with Crippen LogP contribution in [0.5, 0.6) is 0 Å². The summed E-state index contributed by atoms with van der Waals surface area (Å²) < 4.78 is 17.1. The molecule has 1 aliphatic heterocycles. The smallest absolute Gasteiger partial charge is 0.306 e. The van der Waals surface area contributed by atoms with Gasteiger partial charge in [0.05, 0.1) is 39.0 Å². The van der Waals surface area contributed by atoms with Gasteiger partial charge < -0.3 is 19.3 Å². The van der Waals surface area contributed by atoms with Crippen molar-refractivity contribution in [1.82, 2.24) is 0 Å². The Kier molecular flexibility index (Phi) is 7.91. The van der Waals surface area contributed by atoms with Crippen LogP contribution in [0.3, 0.4) is 0 Å². The van der Waals surface area contributed by atoms with E-state index in [1.54, 1.807) is 0 Å². The summed E-state index contributed by atoms with van der Waals surface area (Å²) in [6.45, 7) is 0.769. The lowest BCUT2D eigenvalue weighted by atomic mass is 10.0. The molecule has 4 atom stereocenters. The maximum Gasteiger partial charge on any atom is 0.306 e. The normalized spacial score (nSPS) is 24.6. The van der Waals surface area contributed by atoms with E-state index in [9.17, 15) is 9.90 Å². The minimum absolute atomic E-state index is 0.139. The molecule has 0 aromatic heterocycles. The Labute approximate surface area is 170 Å². The first-order chi connectivity index (χ1) is 13.7. The van der Waals surface area contributed by atoms with Gasteiger partial charge in [-0.15, -0.1) is 0 Å². The maximum absolute atomic E-state index is 11.9. The number of hydrogen-bond acceptors (Lipinski definition) is 6. The molecule has 2 aromatic rings. The van der Waals surface area contributed by atoms with Crippen LogP contribution in [-0.4, -0.2) is 47.5 Å². The lowest BCUT2D eigenvalue weighted by Crippen LogP contribution is -2.52. The molecule has 5 nitrogen and oxygen atoms in total. The molecule has 1 fully saturated rings. The molecular formula is C22H26O5S. The first-order valence-electron chi connectivity index (χ1n) is 9.35. The fraction of sp³-hybridized carbons (Fsp3) is 0.409. The predicted molar refractivity (Wildman–Crippen MR) is 109 cm³/mol. The number of carbonyl (C=O) groups is 1. The summed E-state index contributed by atoms with van der Waals surface area (Å²) in [5, 5.41) is 10.4. The molecule has 0 radical (unpaired) electrons. The van der Waals surface area contributed by atoms with Crippen LogP contribution >= 0.6 is 11.8 Å². The maximum atomic E-state index is 11.9. The third-order valence-corrected chi connectivity index (χ3v) is 6.11. The summed E-state index contributed by atoms with van der Waals surface area (Å²) in [6.07, 6.45) is -1.38. The van der Waals surface area contributed by atoms with E-state index in [1.165, 1.54) is 18.9 Å². The molecule has 6 heteroatoms. The fourth-order valence-corrected chi connectivity index (χ4v) is 4.52. The SMILES string of the molecule is COC(=O)C[C@@H]1SC[C@@H](O)[C@H](OCc2ccccc2)[C@H]1OCc1ccccc1. The van der Waals surface area contributed by atoms with E-state index in [0.29, 0.717) is 19.0 Å². The Morgan fingerprint density at radius 2 is 1.50 bits per heavy atom. The summed E-state index contributed by atoms with van der Waals surface area (Å²) in [5.41, 5.74) is 2.06. The Hall–Kier alpha value is -1.86. The van der Waals surface area contributed by atoms with Crippen molar-refractivity contribution in [2.24, 2.45) is 0 Å². The fourth-order valence-electron chi connectivity index (χ4n) is 3.21. The van der Waals surface area contributed by atoms with Crippen molar-refractivity contribution in [3.8, 4) is 0 Å². The molecule has 1 N–H and O–H groups in total. The number of aliphatic hydroxyl groups excluding tert-OH is 1. The van der Waals surface area contributed by atoms with E-state index in [1.807, 2.05) is 60.7 Å². The topological polar surface area (TPSA) is 65.0 Å². The summed E-state index contributed by atoms with van der Waals surface area (Å²) >= 11 is 1.53. The number of aliphatic hydroxyl groups is 1. The van der Waals surface area contributed by atoms with E-state index in [4.69, 9.17) is 14.2 Å². The van der Waals surface area contributed by atoms with Gasteiger partial charge in [-0.25, -0.2) is 0 Å². The number of carbonyl (C=O) groups excluding carboxylic acids is 1. The van der Waals surface area contributed by atoms with Crippen molar-refractivity contribution >= 4 is 17.7 Å². The zero-order chi connectivity index (χ0) is 19.8. The number of esters is 1. The molecule has 0 amide bonds. The lowest BCUT2D eigenvalue weighted by molar-refractivity contribution is -0.147. The van der Waals surface area contributed by atoms with E-state index in [2.05, 4.69) is 0 Å². The molecule has 0 unspecified atom stereocenters. The summed E-state index contributed by atoms with van der Waals surface area (Å²) in [6, 6.07) is 19.7. The Morgan fingerprint density at radius 3 is 2.04 bits per heavy atom. The van der Waals surface area contributed by atoms with Gasteiger partial charge in [0.25, 0.3) is 0 Å². The van der Waals surface area contributed by atoms with Crippen molar-refractivity contribution in [2.45, 2.75) is 43.2 Å². The number of benzene rings is 2. The molecule has 1 saturated heterocycles. The van der Waals surface area contributed by atoms with Crippen LogP contribution in [0.15, 0.2) is 60.7 Å². The molecule has 0 spiro atoms. The van der Waals surface area contributed by atoms with Crippen LogP contribution in [0.2, 0.25) is 0 Å². The zero-order valence-electron chi connectivity index (χ0n) is 15.9. The summed E-state index contributed by atoms with van der Waals surface area (Å²) in [7, 11) is 1.38. The van der Waals surface area contributed by atoms with Crippen molar-refractivity contribution in [3.63, 3.8) is 0 Å². The summed E-state index contributed by atoms with van der Waals surface area (Å²) in [4.78, 5) is 11.9. The minimum atomic E-state index is -0.664. The molecule has 1 heterocycles. The Bertz CT molecular complexity index is 724. The van der Waals surface area contributed by atoms with Gasteiger partial charge in [-0.3, -0.25) is 4.79 Å². The average molecular weight is 403 g/mol. The highest BCUT2D eigenvalue weighted by Gasteiger charge is 2.42. The Morgan fingerprint density at radius 1 is 0.964 bits per heavy atom. The van der Waals surface area contributed by atoms with Gasteiger partial charge in [0.1, 0.15) is 6.10 Å². The molecule has 150 valence electrons. The van der Waals surface area contributed by atoms with Crippen LogP contribution in [0, 0.1) is 0 Å². The van der Waals surface area contributed by atoms with Gasteiger partial charge in [0.15, 0.2) is 0 Å². The third kappa shape index (κ3) is 5.82. The van der Waals surface area contributed by atoms with E-state index < -0.39 is 18.3 Å². The molecular weight excluding hydrogens is 376 g/mol. The number of methoxy groups -OCH3 is 1. The van der Waals surface area contributed by atoms with Gasteiger partial charge in [-0.1, -0.05) is 60.7 Å². The third-order valence-electron chi connectivity index (χ3n) is 4.72. The number of ether oxygens (including phenoxy) is 3. The van der Waals surface area contributed by atoms with Gasteiger partial charge in [0.2, 0.25) is 0 Å². The Balaban J connectivity index is 1.72. The molecule has 0 aliphatic carbocycles. The quantitative estimate of drug-likeness (QED) is 0.684. The van der Waals surface area contributed by atoms with Crippen LogP contribution in [0.4, 0.5) is 0 Å². The minimum Gasteiger partial charge on any atom is -0.469 e. The van der Waals surface area contributed by atoms with Gasteiger partial charge >= 0.3 is 5.97 Å². The highest BCUT2D eigenvalue weighted by atomic mass is 32.2. The van der Waals surface area contributed by atoms with E-state index in [0.717, 1.165) is 11.1 Å². The standard InChI is InChI=1S/C22H26O5S/c1-25-20(24)12-19-22(27-14-17-10-6-3-7-11-17)21(18(23)15-28-19)26-13-16-8-4-2-5-9-16/h2-11,18-19,21-23H,12-15H2,1H3/t18-,19+,21+,22+/m1/s1. The predicted octanol–water partition coefficient (Wildman–Crippen LogP) is 3.20. The first kappa shape index (κ1) is 20.9. The molecule has 3 rings (SSSR count). The highest BCUT2D eigenvalue weighted by Crippen LogP contribution is 2.33. The number of rotatable bonds is 8. The second-order valence-electron chi connectivity index (χ2n) is 6.74. The van der Waals surface area contributed by atoms with Gasteiger partial charge in [-0.2, -0.15) is 11.8 Å². The molecule has 0 saturated carbocycles. The van der Waals surface area contributed by atoms with Crippen LogP contribution in [0.25, 0.3) is 0 Å². The van der Waals surface area contributed by atoms with Crippen LogP contribution in [-0.2, 0) is 32.2 Å². The largest absolute Gasteiger partial charge is 0.469 e. The van der Waals surface area contributed by atoms with Gasteiger partial charge in [-0.05, 0) is 11.1 Å². The van der Waals surface area contributed by atoms with Crippen molar-refractivity contribution in [3.05, 3.63) is 71.8 Å². The molecule has 2 aromatic carbocycles. The molecule has 1 aliphatic rings. The van der Waals surface area contributed by atoms with E-state index >= 15 is 0 Å². The number of hydrogen-bond donors (Lipinski definition) is 1. The van der Waals surface area contributed by atoms with Crippen molar-refractivity contribution < 1.29 is 24.1 Å². The van der Waals surface area contributed by atoms with Crippen molar-refractivity contribution in [1.29, 1.82) is 0 Å². The van der Waals surface area contributed by atoms with E-state index in [-0.39, 0.29) is 17.6 Å². The second-order valence-corrected chi connectivity index (χ2v) is 8.01. The average Bonchev–Trinajstić information content (AvgIpc) is 2.74. The second kappa shape index (κ2) is 10.6.